The van der Waals surface area contributed by atoms with Crippen molar-refractivity contribution in [2.24, 2.45) is 0 Å². The molecule has 0 saturated carbocycles. The topological polar surface area (TPSA) is 26.0 Å². The Bertz CT molecular complexity index is 1180. The van der Waals surface area contributed by atoms with E-state index in [4.69, 9.17) is 21.0 Å². The number of furan rings is 1. The predicted octanol–water partition coefficient (Wildman–Crippen LogP) is 6.16. The van der Waals surface area contributed by atoms with E-state index in [1.54, 1.807) is 11.3 Å². The second kappa shape index (κ2) is 4.77. The third-order valence-electron chi connectivity index (χ3n) is 3.91. The molecule has 1 aliphatic carbocycles. The highest BCUT2D eigenvalue weighted by atomic mass is 35.5. The van der Waals surface area contributed by atoms with Crippen molar-refractivity contribution in [1.82, 2.24) is 4.98 Å². The summed E-state index contributed by atoms with van der Waals surface area (Å²) >= 11 is 7.73. The summed E-state index contributed by atoms with van der Waals surface area (Å²) in [6.07, 6.45) is 10.9. The van der Waals surface area contributed by atoms with E-state index in [1.807, 2.05) is 48.6 Å². The van der Waals surface area contributed by atoms with Gasteiger partial charge in [0.2, 0.25) is 0 Å². The molecule has 2 aromatic heterocycles. The van der Waals surface area contributed by atoms with E-state index in [-0.39, 0.29) is 0 Å². The van der Waals surface area contributed by atoms with E-state index in [0.717, 1.165) is 42.7 Å². The minimum Gasteiger partial charge on any atom is -0.456 e. The molecule has 0 fully saturated rings. The van der Waals surface area contributed by atoms with Crippen LogP contribution in [-0.4, -0.2) is 4.98 Å². The van der Waals surface area contributed by atoms with Gasteiger partial charge in [0.25, 0.3) is 0 Å². The summed E-state index contributed by atoms with van der Waals surface area (Å²) in [5, 5.41) is 3.87. The van der Waals surface area contributed by atoms with Gasteiger partial charge in [0.1, 0.15) is 28.9 Å². The molecule has 1 aliphatic rings. The minimum absolute atomic E-state index is 0.680. The zero-order valence-corrected chi connectivity index (χ0v) is 13.4. The summed E-state index contributed by atoms with van der Waals surface area (Å²) < 4.78 is 7.08. The van der Waals surface area contributed by atoms with Crippen molar-refractivity contribution in [1.29, 1.82) is 0 Å². The first-order valence-electron chi connectivity index (χ1n) is 7.17. The summed E-state index contributed by atoms with van der Waals surface area (Å²) in [6.45, 7) is 0. The van der Waals surface area contributed by atoms with Gasteiger partial charge in [-0.15, -0.1) is 11.3 Å². The molecule has 23 heavy (non-hydrogen) atoms. The molecule has 5 rings (SSSR count). The van der Waals surface area contributed by atoms with Crippen molar-refractivity contribution < 1.29 is 4.42 Å². The highest BCUT2D eigenvalue weighted by Gasteiger charge is 2.15. The maximum Gasteiger partial charge on any atom is 0.151 e. The maximum absolute atomic E-state index is 6.05. The average molecular weight is 335 g/mol. The smallest absolute Gasteiger partial charge is 0.151 e. The molecule has 0 unspecified atom stereocenters. The lowest BCUT2D eigenvalue weighted by atomic mass is 10.1. The van der Waals surface area contributed by atoms with Crippen LogP contribution in [0.2, 0.25) is 5.02 Å². The molecule has 0 atom stereocenters. The summed E-state index contributed by atoms with van der Waals surface area (Å²) in [5.41, 5.74) is 3.71. The van der Waals surface area contributed by atoms with Crippen LogP contribution in [0.15, 0.2) is 59.1 Å². The zero-order chi connectivity index (χ0) is 15.4. The Labute approximate surface area is 141 Å². The quantitative estimate of drug-likeness (QED) is 0.389. The molecule has 4 aromatic rings. The lowest BCUT2D eigenvalue weighted by molar-refractivity contribution is 0.669. The maximum atomic E-state index is 6.05. The van der Waals surface area contributed by atoms with Gasteiger partial charge in [0.05, 0.1) is 22.4 Å². The molecule has 0 bridgehead atoms. The number of allylic oxidation sites excluding steroid dienone is 6. The first kappa shape index (κ1) is 13.0. The first-order chi connectivity index (χ1) is 11.3. The number of hydrogen-bond acceptors (Lipinski definition) is 3. The lowest BCUT2D eigenvalue weighted by Crippen LogP contribution is -1.80. The predicted molar refractivity (Wildman–Crippen MR) is 96.8 cm³/mol. The lowest BCUT2D eigenvalue weighted by Gasteiger charge is -1.90. The average Bonchev–Trinajstić information content (AvgIpc) is 3.13. The van der Waals surface area contributed by atoms with Crippen LogP contribution in [0.5, 0.6) is 0 Å². The van der Waals surface area contributed by atoms with Crippen molar-refractivity contribution in [3.8, 4) is 0 Å². The summed E-state index contributed by atoms with van der Waals surface area (Å²) in [6, 6.07) is 9.91. The number of hydrogen-bond donors (Lipinski definition) is 0. The molecular formula is C19H9ClNOS+. The third-order valence-corrected chi connectivity index (χ3v) is 5.21. The Morgan fingerprint density at radius 1 is 1.09 bits per heavy atom. The van der Waals surface area contributed by atoms with Crippen LogP contribution in [0.4, 0.5) is 0 Å². The van der Waals surface area contributed by atoms with Crippen LogP contribution in [0, 0.1) is 6.08 Å². The Morgan fingerprint density at radius 3 is 2.87 bits per heavy atom. The first-order valence-corrected chi connectivity index (χ1v) is 8.36. The molecule has 0 spiro atoms. The number of thiazole rings is 1. The van der Waals surface area contributed by atoms with Gasteiger partial charge < -0.3 is 4.42 Å². The van der Waals surface area contributed by atoms with Crippen LogP contribution < -0.4 is 0 Å². The van der Waals surface area contributed by atoms with E-state index in [1.165, 1.54) is 0 Å². The highest BCUT2D eigenvalue weighted by Crippen LogP contribution is 2.36. The van der Waals surface area contributed by atoms with E-state index >= 15 is 0 Å². The second-order valence-corrected chi connectivity index (χ2v) is 6.83. The van der Waals surface area contributed by atoms with Gasteiger partial charge >= 0.3 is 0 Å². The summed E-state index contributed by atoms with van der Waals surface area (Å²) in [7, 11) is 0. The van der Waals surface area contributed by atoms with Gasteiger partial charge in [-0.1, -0.05) is 11.6 Å². The molecule has 0 radical (unpaired) electrons. The van der Waals surface area contributed by atoms with Crippen molar-refractivity contribution in [3.63, 3.8) is 0 Å². The fraction of sp³-hybridized carbons (Fsp3) is 0. The number of rotatable bonds is 1. The molecule has 0 aliphatic heterocycles. The van der Waals surface area contributed by atoms with Gasteiger partial charge in [-0.3, -0.25) is 0 Å². The number of fused-ring (bicyclic) bond motifs is 4. The molecule has 0 saturated heterocycles. The largest absolute Gasteiger partial charge is 0.456 e. The highest BCUT2D eigenvalue weighted by molar-refractivity contribution is 7.19. The van der Waals surface area contributed by atoms with Crippen LogP contribution >= 0.6 is 22.9 Å². The van der Waals surface area contributed by atoms with Crippen LogP contribution in [-0.2, 0) is 0 Å². The van der Waals surface area contributed by atoms with Crippen molar-refractivity contribution in [2.75, 3.05) is 0 Å². The monoisotopic (exact) mass is 334 g/mol. The standard InChI is InChI=1S/C19H9ClNOS/c20-12-6-7-13-14-9-18-15(10-17(14)22-16(13)8-12)21-19(23-18)11-4-2-1-3-5-11/h2-10H/q+1. The van der Waals surface area contributed by atoms with E-state index < -0.39 is 0 Å². The molecule has 0 amide bonds. The second-order valence-electron chi connectivity index (χ2n) is 5.37. The Morgan fingerprint density at radius 2 is 2.00 bits per heavy atom. The minimum atomic E-state index is 0.680. The van der Waals surface area contributed by atoms with Crippen LogP contribution in [0.25, 0.3) is 37.7 Å². The van der Waals surface area contributed by atoms with Gasteiger partial charge in [0, 0.05) is 34.0 Å². The van der Waals surface area contributed by atoms with Crippen molar-refractivity contribution in [2.45, 2.75) is 0 Å². The summed E-state index contributed by atoms with van der Waals surface area (Å²) in [5.74, 6) is 0. The molecule has 0 N–H and O–H groups in total. The van der Waals surface area contributed by atoms with E-state index in [9.17, 15) is 0 Å². The third kappa shape index (κ3) is 2.02. The number of nitrogens with zero attached hydrogens (tertiary/aromatic N) is 1. The van der Waals surface area contributed by atoms with Crippen LogP contribution in [0.1, 0.15) is 5.01 Å². The SMILES string of the molecule is Clc1ccc2c(c1)oc1cc3nc(C4=CC=[C+]C=C4)sc3cc12. The Kier molecular flexibility index (Phi) is 2.70. The van der Waals surface area contributed by atoms with Gasteiger partial charge in [-0.25, -0.2) is 4.98 Å². The fourth-order valence-corrected chi connectivity index (χ4v) is 3.98. The number of benzene rings is 2. The number of halogens is 1. The van der Waals surface area contributed by atoms with Crippen molar-refractivity contribution >= 4 is 60.7 Å². The fourth-order valence-electron chi connectivity index (χ4n) is 2.82. The van der Waals surface area contributed by atoms with Crippen LogP contribution in [0.3, 0.4) is 0 Å². The normalized spacial score (nSPS) is 13.9. The van der Waals surface area contributed by atoms with E-state index in [0.29, 0.717) is 5.02 Å². The molecule has 4 heteroatoms. The molecule has 2 heterocycles. The van der Waals surface area contributed by atoms with E-state index in [2.05, 4.69) is 12.1 Å². The molecular weight excluding hydrogens is 326 g/mol. The summed E-state index contributed by atoms with van der Waals surface area (Å²) in [4.78, 5) is 4.74. The Balaban J connectivity index is 1.77. The Hall–Kier alpha value is -2.45. The molecule has 108 valence electrons. The van der Waals surface area contributed by atoms with Gasteiger partial charge in [-0.2, -0.15) is 0 Å². The van der Waals surface area contributed by atoms with Gasteiger partial charge in [0.15, 0.2) is 5.01 Å². The zero-order valence-electron chi connectivity index (χ0n) is 11.8. The number of aromatic nitrogens is 1. The van der Waals surface area contributed by atoms with Gasteiger partial charge in [-0.05, 0) is 18.2 Å². The molecule has 2 aromatic carbocycles. The molecule has 2 nitrogen and oxygen atoms in total. The van der Waals surface area contributed by atoms with Crippen molar-refractivity contribution in [3.05, 3.63) is 70.7 Å².